The van der Waals surface area contributed by atoms with Gasteiger partial charge in [-0.2, -0.15) is 0 Å². The van der Waals surface area contributed by atoms with Crippen molar-refractivity contribution in [3.63, 3.8) is 0 Å². The Hall–Kier alpha value is -3.53. The van der Waals surface area contributed by atoms with Gasteiger partial charge in [-0.1, -0.05) is 32.1 Å². The van der Waals surface area contributed by atoms with Gasteiger partial charge in [-0.05, 0) is 63.4 Å². The van der Waals surface area contributed by atoms with Crippen LogP contribution in [0, 0.1) is 18.2 Å². The number of nitrogens with one attached hydrogen (secondary N) is 1. The predicted molar refractivity (Wildman–Crippen MR) is 136 cm³/mol. The Morgan fingerprint density at radius 1 is 1.23 bits per heavy atom. The van der Waals surface area contributed by atoms with Crippen molar-refractivity contribution >= 4 is 16.8 Å². The lowest BCUT2D eigenvalue weighted by atomic mass is 9.82. The first-order valence-electron chi connectivity index (χ1n) is 12.2. The third-order valence-corrected chi connectivity index (χ3v) is 6.75. The summed E-state index contributed by atoms with van der Waals surface area (Å²) in [6, 6.07) is 7.68. The summed E-state index contributed by atoms with van der Waals surface area (Å²) in [7, 11) is 1.76. The van der Waals surface area contributed by atoms with Crippen molar-refractivity contribution in [3.8, 4) is 23.8 Å². The van der Waals surface area contributed by atoms with Crippen LogP contribution in [-0.4, -0.2) is 26.7 Å². The molecule has 2 aromatic heterocycles. The number of hydrogen-bond acceptors (Lipinski definition) is 3. The zero-order valence-electron chi connectivity index (χ0n) is 20.8. The molecule has 1 aliphatic rings. The summed E-state index contributed by atoms with van der Waals surface area (Å²) >= 11 is 0. The molecule has 3 aromatic rings. The molecule has 1 fully saturated rings. The Morgan fingerprint density at radius 2 is 1.89 bits per heavy atom. The van der Waals surface area contributed by atoms with Crippen molar-refractivity contribution in [2.24, 2.45) is 7.05 Å². The average Bonchev–Trinajstić information content (AvgIpc) is 3.11. The van der Waals surface area contributed by atoms with Gasteiger partial charge in [-0.3, -0.25) is 14.2 Å². The van der Waals surface area contributed by atoms with Gasteiger partial charge >= 0.3 is 0 Å². The standard InChI is InChI=1S/C28H32FN3O3/c1-6-20-17-22-23(27(34)32(20)21-13-11-19(29)12-14-21)25(35-18(3)4)24(31(22)5)26(33)30-28(7-2)15-9-8-10-16-28/h2,11-14,17-18H,6,8-10,15-16H2,1,3-5H3,(H,30,33). The second-order valence-electron chi connectivity index (χ2n) is 9.51. The molecule has 0 saturated heterocycles. The summed E-state index contributed by atoms with van der Waals surface area (Å²) in [5.41, 5.74) is 1.14. The maximum Gasteiger partial charge on any atom is 0.272 e. The fourth-order valence-corrected chi connectivity index (χ4v) is 4.99. The molecule has 1 N–H and O–H groups in total. The van der Waals surface area contributed by atoms with E-state index in [-0.39, 0.29) is 34.8 Å². The molecule has 0 spiro atoms. The molecule has 35 heavy (non-hydrogen) atoms. The number of rotatable bonds is 6. The normalized spacial score (nSPS) is 15.2. The fourth-order valence-electron chi connectivity index (χ4n) is 4.99. The van der Waals surface area contributed by atoms with E-state index >= 15 is 0 Å². The number of ether oxygens (including phenoxy) is 1. The predicted octanol–water partition coefficient (Wildman–Crippen LogP) is 4.88. The lowest BCUT2D eigenvalue weighted by Crippen LogP contribution is -2.49. The van der Waals surface area contributed by atoms with Gasteiger partial charge in [0.2, 0.25) is 0 Å². The van der Waals surface area contributed by atoms with Gasteiger partial charge in [0.05, 0.1) is 11.6 Å². The number of fused-ring (bicyclic) bond motifs is 1. The quantitative estimate of drug-likeness (QED) is 0.515. The molecular formula is C28H32FN3O3. The number of hydrogen-bond donors (Lipinski definition) is 1. The average molecular weight is 478 g/mol. The Kier molecular flexibility index (Phi) is 6.75. The molecule has 7 heteroatoms. The number of amides is 1. The molecule has 1 aromatic carbocycles. The van der Waals surface area contributed by atoms with E-state index in [1.165, 1.54) is 12.1 Å². The minimum absolute atomic E-state index is 0.237. The highest BCUT2D eigenvalue weighted by molar-refractivity contribution is 6.04. The van der Waals surface area contributed by atoms with Crippen LogP contribution in [0.25, 0.3) is 16.6 Å². The molecule has 0 bridgehead atoms. The Balaban J connectivity index is 1.95. The number of pyridine rings is 1. The third kappa shape index (κ3) is 4.45. The number of terminal acetylenes is 1. The SMILES string of the molecule is C#CC1(NC(=O)c2c(OC(C)C)c3c(=O)n(-c4ccc(F)cc4)c(CC)cc3n2C)CCCCC1. The molecular weight excluding hydrogens is 445 g/mol. The minimum Gasteiger partial charge on any atom is -0.488 e. The van der Waals surface area contributed by atoms with Crippen LogP contribution in [0.3, 0.4) is 0 Å². The topological polar surface area (TPSA) is 65.3 Å². The maximum atomic E-state index is 13.9. The molecule has 184 valence electrons. The van der Waals surface area contributed by atoms with E-state index < -0.39 is 5.54 Å². The molecule has 0 atom stereocenters. The summed E-state index contributed by atoms with van der Waals surface area (Å²) in [5.74, 6) is 2.32. The smallest absolute Gasteiger partial charge is 0.272 e. The van der Waals surface area contributed by atoms with Gasteiger partial charge in [-0.15, -0.1) is 6.42 Å². The second-order valence-corrected chi connectivity index (χ2v) is 9.51. The summed E-state index contributed by atoms with van der Waals surface area (Å²) in [6.45, 7) is 5.65. The number of nitrogens with zero attached hydrogens (tertiary/aromatic N) is 2. The molecule has 1 amide bonds. The molecule has 1 aliphatic carbocycles. The number of halogens is 1. The zero-order chi connectivity index (χ0) is 25.3. The Labute approximate surface area is 205 Å². The fraction of sp³-hybridized carbons (Fsp3) is 0.429. The van der Waals surface area contributed by atoms with E-state index in [9.17, 15) is 14.0 Å². The van der Waals surface area contributed by atoms with Crippen LogP contribution in [0.2, 0.25) is 0 Å². The van der Waals surface area contributed by atoms with Gasteiger partial charge in [-0.25, -0.2) is 4.39 Å². The zero-order valence-corrected chi connectivity index (χ0v) is 20.8. The van der Waals surface area contributed by atoms with Crippen molar-refractivity contribution in [3.05, 3.63) is 57.9 Å². The first kappa shape index (κ1) is 24.6. The van der Waals surface area contributed by atoms with Crippen molar-refractivity contribution < 1.29 is 13.9 Å². The van der Waals surface area contributed by atoms with E-state index in [4.69, 9.17) is 11.2 Å². The van der Waals surface area contributed by atoms with Gasteiger partial charge in [0.25, 0.3) is 11.5 Å². The molecule has 2 heterocycles. The molecule has 6 nitrogen and oxygen atoms in total. The van der Waals surface area contributed by atoms with Crippen molar-refractivity contribution in [1.29, 1.82) is 0 Å². The Bertz CT molecular complexity index is 1350. The summed E-state index contributed by atoms with van der Waals surface area (Å²) in [4.78, 5) is 27.6. The van der Waals surface area contributed by atoms with Gasteiger partial charge in [0, 0.05) is 18.4 Å². The van der Waals surface area contributed by atoms with Gasteiger partial charge in [0.15, 0.2) is 11.4 Å². The largest absolute Gasteiger partial charge is 0.488 e. The van der Waals surface area contributed by atoms with E-state index in [1.807, 2.05) is 26.8 Å². The number of aryl methyl sites for hydroxylation is 2. The highest BCUT2D eigenvalue weighted by atomic mass is 19.1. The third-order valence-electron chi connectivity index (χ3n) is 6.75. The van der Waals surface area contributed by atoms with Crippen LogP contribution in [0.5, 0.6) is 5.75 Å². The van der Waals surface area contributed by atoms with Gasteiger partial charge in [0.1, 0.15) is 16.7 Å². The van der Waals surface area contributed by atoms with Gasteiger partial charge < -0.3 is 14.6 Å². The van der Waals surface area contributed by atoms with E-state index in [2.05, 4.69) is 11.2 Å². The van der Waals surface area contributed by atoms with Crippen molar-refractivity contribution in [2.45, 2.75) is 70.9 Å². The van der Waals surface area contributed by atoms with Crippen LogP contribution in [0.15, 0.2) is 35.1 Å². The summed E-state index contributed by atoms with van der Waals surface area (Å²) in [5, 5.41) is 3.40. The molecule has 1 saturated carbocycles. The minimum atomic E-state index is -0.705. The van der Waals surface area contributed by atoms with Crippen molar-refractivity contribution in [1.82, 2.24) is 14.5 Å². The van der Waals surface area contributed by atoms with E-state index in [1.54, 1.807) is 28.3 Å². The van der Waals surface area contributed by atoms with Crippen LogP contribution >= 0.6 is 0 Å². The number of carbonyl (C=O) groups excluding carboxylic acids is 1. The molecule has 4 rings (SSSR count). The number of carbonyl (C=O) groups is 1. The molecule has 0 aliphatic heterocycles. The summed E-state index contributed by atoms with van der Waals surface area (Å²) < 4.78 is 23.0. The van der Waals surface area contributed by atoms with Crippen LogP contribution in [-0.2, 0) is 13.5 Å². The lowest BCUT2D eigenvalue weighted by molar-refractivity contribution is 0.0889. The van der Waals surface area contributed by atoms with E-state index in [0.717, 1.165) is 37.8 Å². The first-order chi connectivity index (χ1) is 16.7. The van der Waals surface area contributed by atoms with Crippen LogP contribution in [0.4, 0.5) is 4.39 Å². The highest BCUT2D eigenvalue weighted by Gasteiger charge is 2.35. The number of benzene rings is 1. The maximum absolute atomic E-state index is 13.9. The first-order valence-corrected chi connectivity index (χ1v) is 12.2. The molecule has 0 unspecified atom stereocenters. The van der Waals surface area contributed by atoms with Crippen LogP contribution < -0.4 is 15.6 Å². The monoisotopic (exact) mass is 477 g/mol. The van der Waals surface area contributed by atoms with E-state index in [0.29, 0.717) is 23.0 Å². The second kappa shape index (κ2) is 9.61. The van der Waals surface area contributed by atoms with Crippen LogP contribution in [0.1, 0.15) is 69.1 Å². The Morgan fingerprint density at radius 3 is 2.46 bits per heavy atom. The summed E-state index contributed by atoms with van der Waals surface area (Å²) in [6.07, 6.45) is 10.6. The molecule has 0 radical (unpaired) electrons. The van der Waals surface area contributed by atoms with Crippen molar-refractivity contribution in [2.75, 3.05) is 0 Å². The lowest BCUT2D eigenvalue weighted by Gasteiger charge is -2.33. The highest BCUT2D eigenvalue weighted by Crippen LogP contribution is 2.34. The number of aromatic nitrogens is 2.